The molecule has 0 saturated heterocycles. The molecular weight excluding hydrogens is 256 g/mol. The lowest BCUT2D eigenvalue weighted by atomic mass is 9.45. The van der Waals surface area contributed by atoms with E-state index in [0.717, 1.165) is 12.8 Å². The molecule has 4 bridgehead atoms. The Bertz CT molecular complexity index is 434. The highest BCUT2D eigenvalue weighted by Gasteiger charge is 2.64. The van der Waals surface area contributed by atoms with Crippen molar-refractivity contribution in [3.05, 3.63) is 0 Å². The summed E-state index contributed by atoms with van der Waals surface area (Å²) < 4.78 is 5.60. The highest BCUT2D eigenvalue weighted by atomic mass is 16.6. The first-order chi connectivity index (χ1) is 9.21. The number of carbonyl (C=O) groups excluding carboxylic acids is 1. The van der Waals surface area contributed by atoms with E-state index in [1.807, 2.05) is 20.8 Å². The first-order valence-corrected chi connectivity index (χ1v) is 7.67. The normalized spacial score (nSPS) is 42.5. The molecule has 0 aromatic carbocycles. The minimum absolute atomic E-state index is 0.172. The molecule has 4 aliphatic rings. The second kappa shape index (κ2) is 4.22. The number of hydrogen-bond donors (Lipinski definition) is 1. The quantitative estimate of drug-likeness (QED) is 0.790. The fraction of sp³-hybridized carbons (Fsp3) is 0.875. The molecule has 0 aromatic heterocycles. The van der Waals surface area contributed by atoms with E-state index in [2.05, 4.69) is 0 Å². The van der Waals surface area contributed by atoms with Crippen molar-refractivity contribution >= 4 is 11.9 Å². The average Bonchev–Trinajstić information content (AvgIpc) is 2.23. The van der Waals surface area contributed by atoms with Crippen molar-refractivity contribution in [2.24, 2.45) is 29.1 Å². The molecule has 4 heteroatoms. The molecular formula is C16H24O4. The van der Waals surface area contributed by atoms with Gasteiger partial charge in [-0.05, 0) is 70.6 Å². The minimum Gasteiger partial charge on any atom is -0.481 e. The number of carboxylic acids is 1. The fourth-order valence-electron chi connectivity index (χ4n) is 5.15. The SMILES string of the molecule is CC(C)(C)OC(=O)C12CC3CC(CC(C3)C1C(=O)O)C2. The Labute approximate surface area is 119 Å². The topological polar surface area (TPSA) is 63.6 Å². The summed E-state index contributed by atoms with van der Waals surface area (Å²) in [5.41, 5.74) is -1.31. The van der Waals surface area contributed by atoms with E-state index in [9.17, 15) is 14.7 Å². The Morgan fingerprint density at radius 3 is 2.10 bits per heavy atom. The zero-order valence-corrected chi connectivity index (χ0v) is 12.5. The number of esters is 1. The van der Waals surface area contributed by atoms with Crippen molar-refractivity contribution in [3.63, 3.8) is 0 Å². The fourth-order valence-corrected chi connectivity index (χ4v) is 5.15. The first kappa shape index (κ1) is 13.9. The van der Waals surface area contributed by atoms with Gasteiger partial charge in [-0.25, -0.2) is 0 Å². The zero-order chi connectivity index (χ0) is 14.7. The van der Waals surface area contributed by atoms with Gasteiger partial charge in [0.2, 0.25) is 0 Å². The van der Waals surface area contributed by atoms with Crippen molar-refractivity contribution in [1.29, 1.82) is 0 Å². The van der Waals surface area contributed by atoms with E-state index >= 15 is 0 Å². The van der Waals surface area contributed by atoms with Gasteiger partial charge in [-0.3, -0.25) is 9.59 Å². The third-order valence-corrected chi connectivity index (χ3v) is 5.38. The van der Waals surface area contributed by atoms with Crippen LogP contribution in [-0.4, -0.2) is 22.6 Å². The summed E-state index contributed by atoms with van der Waals surface area (Å²) in [5, 5.41) is 9.65. The maximum Gasteiger partial charge on any atom is 0.313 e. The van der Waals surface area contributed by atoms with E-state index in [1.165, 1.54) is 6.42 Å². The molecule has 20 heavy (non-hydrogen) atoms. The zero-order valence-electron chi connectivity index (χ0n) is 12.5. The van der Waals surface area contributed by atoms with Crippen LogP contribution in [-0.2, 0) is 14.3 Å². The Hall–Kier alpha value is -1.06. The average molecular weight is 280 g/mol. The molecule has 1 N–H and O–H groups in total. The van der Waals surface area contributed by atoms with E-state index in [0.29, 0.717) is 24.7 Å². The predicted molar refractivity (Wildman–Crippen MR) is 73.0 cm³/mol. The summed E-state index contributed by atoms with van der Waals surface area (Å²) >= 11 is 0. The second-order valence-electron chi connectivity index (χ2n) is 8.08. The van der Waals surface area contributed by atoms with Gasteiger partial charge in [0.25, 0.3) is 0 Å². The van der Waals surface area contributed by atoms with Gasteiger partial charge in [0.15, 0.2) is 0 Å². The lowest BCUT2D eigenvalue weighted by molar-refractivity contribution is -0.201. The molecule has 4 aliphatic carbocycles. The number of carboxylic acid groups (broad SMARTS) is 1. The molecule has 112 valence electrons. The Balaban J connectivity index is 1.95. The van der Waals surface area contributed by atoms with Crippen LogP contribution < -0.4 is 0 Å². The van der Waals surface area contributed by atoms with Crippen LogP contribution in [0.5, 0.6) is 0 Å². The van der Waals surface area contributed by atoms with Crippen LogP contribution >= 0.6 is 0 Å². The third kappa shape index (κ3) is 2.04. The van der Waals surface area contributed by atoms with Crippen LogP contribution in [0.1, 0.15) is 52.9 Å². The summed E-state index contributed by atoms with van der Waals surface area (Å²) in [7, 11) is 0. The van der Waals surface area contributed by atoms with Crippen LogP contribution in [0.2, 0.25) is 0 Å². The molecule has 0 heterocycles. The Morgan fingerprint density at radius 1 is 1.10 bits per heavy atom. The molecule has 0 radical (unpaired) electrons. The van der Waals surface area contributed by atoms with Crippen LogP contribution in [0, 0.1) is 29.1 Å². The molecule has 0 aromatic rings. The summed E-state index contributed by atoms with van der Waals surface area (Å²) in [6.07, 6.45) is 4.57. The van der Waals surface area contributed by atoms with Crippen molar-refractivity contribution in [2.75, 3.05) is 0 Å². The van der Waals surface area contributed by atoms with Gasteiger partial charge >= 0.3 is 11.9 Å². The summed E-state index contributed by atoms with van der Waals surface area (Å²) in [6.45, 7) is 5.55. The molecule has 4 nitrogen and oxygen atoms in total. The van der Waals surface area contributed by atoms with Crippen molar-refractivity contribution in [2.45, 2.75) is 58.5 Å². The Morgan fingerprint density at radius 2 is 1.65 bits per heavy atom. The van der Waals surface area contributed by atoms with Crippen molar-refractivity contribution < 1.29 is 19.4 Å². The Kier molecular flexibility index (Phi) is 2.93. The van der Waals surface area contributed by atoms with Gasteiger partial charge in [0.05, 0.1) is 11.3 Å². The molecule has 4 saturated carbocycles. The molecule has 3 unspecified atom stereocenters. The smallest absolute Gasteiger partial charge is 0.313 e. The molecule has 3 atom stereocenters. The van der Waals surface area contributed by atoms with E-state index in [4.69, 9.17) is 4.74 Å². The number of carbonyl (C=O) groups is 2. The van der Waals surface area contributed by atoms with E-state index in [-0.39, 0.29) is 11.9 Å². The highest BCUT2D eigenvalue weighted by Crippen LogP contribution is 2.63. The molecule has 0 spiro atoms. The van der Waals surface area contributed by atoms with Gasteiger partial charge in [-0.15, -0.1) is 0 Å². The first-order valence-electron chi connectivity index (χ1n) is 7.67. The van der Waals surface area contributed by atoms with E-state index < -0.39 is 22.9 Å². The highest BCUT2D eigenvalue weighted by molar-refractivity contribution is 5.86. The summed E-state index contributed by atoms with van der Waals surface area (Å²) in [5.74, 6) is -0.390. The van der Waals surface area contributed by atoms with E-state index in [1.54, 1.807) is 0 Å². The summed E-state index contributed by atoms with van der Waals surface area (Å²) in [6, 6.07) is 0. The second-order valence-corrected chi connectivity index (χ2v) is 8.08. The lowest BCUT2D eigenvalue weighted by Crippen LogP contribution is -2.59. The number of rotatable bonds is 2. The third-order valence-electron chi connectivity index (χ3n) is 5.38. The van der Waals surface area contributed by atoms with Crippen molar-refractivity contribution in [1.82, 2.24) is 0 Å². The monoisotopic (exact) mass is 280 g/mol. The van der Waals surface area contributed by atoms with Gasteiger partial charge in [0, 0.05) is 0 Å². The van der Waals surface area contributed by atoms with Crippen LogP contribution in [0.25, 0.3) is 0 Å². The van der Waals surface area contributed by atoms with Crippen molar-refractivity contribution in [3.8, 4) is 0 Å². The van der Waals surface area contributed by atoms with Crippen LogP contribution in [0.4, 0.5) is 0 Å². The standard InChI is InChI=1S/C16H24O4/c1-15(2,3)20-14(19)16-7-9-4-10(8-16)6-11(5-9)12(16)13(17)18/h9-12H,4-8H2,1-3H3,(H,17,18). The maximum atomic E-state index is 12.7. The van der Waals surface area contributed by atoms with Gasteiger partial charge in [0.1, 0.15) is 5.60 Å². The molecule has 4 fully saturated rings. The summed E-state index contributed by atoms with van der Waals surface area (Å²) in [4.78, 5) is 24.5. The number of ether oxygens (including phenoxy) is 1. The van der Waals surface area contributed by atoms with Gasteiger partial charge in [-0.1, -0.05) is 0 Å². The maximum absolute atomic E-state index is 12.7. The molecule has 0 amide bonds. The molecule has 0 aliphatic heterocycles. The van der Waals surface area contributed by atoms with Gasteiger partial charge < -0.3 is 9.84 Å². The van der Waals surface area contributed by atoms with Crippen LogP contribution in [0.15, 0.2) is 0 Å². The number of aliphatic carboxylic acids is 1. The lowest BCUT2D eigenvalue weighted by Gasteiger charge is -2.58. The van der Waals surface area contributed by atoms with Crippen LogP contribution in [0.3, 0.4) is 0 Å². The minimum atomic E-state index is -0.806. The largest absolute Gasteiger partial charge is 0.481 e. The predicted octanol–water partition coefficient (Wildman–Crippen LogP) is 2.86. The molecule has 4 rings (SSSR count). The number of hydrogen-bond acceptors (Lipinski definition) is 3. The van der Waals surface area contributed by atoms with Gasteiger partial charge in [-0.2, -0.15) is 0 Å².